The quantitative estimate of drug-likeness (QED) is 0.374. The summed E-state index contributed by atoms with van der Waals surface area (Å²) in [6, 6.07) is 0. The molecule has 1 aromatic heterocycles. The summed E-state index contributed by atoms with van der Waals surface area (Å²) in [6.45, 7) is -0.128. The van der Waals surface area contributed by atoms with Crippen molar-refractivity contribution >= 4 is 0 Å². The van der Waals surface area contributed by atoms with Gasteiger partial charge in [-0.15, -0.1) is 0 Å². The first-order chi connectivity index (χ1) is 8.42. The first kappa shape index (κ1) is 14.4. The fraction of sp³-hybridized carbons (Fsp3) is 0.667. The first-order valence-electron chi connectivity index (χ1n) is 5.28. The topological polar surface area (TPSA) is 148 Å². The van der Waals surface area contributed by atoms with Crippen LogP contribution in [-0.2, 0) is 5.54 Å². The van der Waals surface area contributed by atoms with Gasteiger partial charge < -0.3 is 15.3 Å². The van der Waals surface area contributed by atoms with Crippen LogP contribution in [0.4, 0.5) is 0 Å². The van der Waals surface area contributed by atoms with Crippen LogP contribution in [-0.4, -0.2) is 49.2 Å². The van der Waals surface area contributed by atoms with Gasteiger partial charge in [-0.2, -0.15) is 0 Å². The van der Waals surface area contributed by atoms with Crippen LogP contribution < -0.4 is 17.1 Å². The van der Waals surface area contributed by atoms with E-state index in [9.17, 15) is 29.7 Å². The summed E-state index contributed by atoms with van der Waals surface area (Å²) in [5.41, 5.74) is -5.11. The van der Waals surface area contributed by atoms with Crippen LogP contribution in [0.15, 0.2) is 14.4 Å². The molecule has 1 unspecified atom stereocenters. The molecule has 0 bridgehead atoms. The second-order valence-electron chi connectivity index (χ2n) is 3.87. The van der Waals surface area contributed by atoms with Crippen LogP contribution in [0.2, 0.25) is 0 Å². The van der Waals surface area contributed by atoms with Crippen molar-refractivity contribution in [3.05, 3.63) is 31.5 Å². The molecule has 0 aliphatic rings. The Morgan fingerprint density at radius 2 is 1.61 bits per heavy atom. The summed E-state index contributed by atoms with van der Waals surface area (Å²) < 4.78 is 0.419. The zero-order valence-corrected chi connectivity index (χ0v) is 9.71. The maximum atomic E-state index is 11.6. The molecule has 1 heterocycles. The molecular formula is C9H15N3O6. The molecule has 0 aromatic carbocycles. The molecule has 0 saturated heterocycles. The van der Waals surface area contributed by atoms with E-state index in [2.05, 4.69) is 0 Å². The number of nitrogens with one attached hydrogen (secondary N) is 2. The summed E-state index contributed by atoms with van der Waals surface area (Å²) >= 11 is 0. The van der Waals surface area contributed by atoms with Crippen molar-refractivity contribution in [1.82, 2.24) is 14.5 Å². The van der Waals surface area contributed by atoms with E-state index >= 15 is 0 Å². The SMILES string of the molecule is CCC(O)C(CO)(CO)n1c(=O)[nH]c(=O)[nH]c1=O. The molecule has 1 atom stereocenters. The number of aromatic amines is 2. The number of H-pyrrole nitrogens is 2. The van der Waals surface area contributed by atoms with E-state index in [1.165, 1.54) is 0 Å². The third kappa shape index (κ3) is 2.15. The van der Waals surface area contributed by atoms with Crippen molar-refractivity contribution < 1.29 is 15.3 Å². The molecule has 0 radical (unpaired) electrons. The molecule has 0 aliphatic heterocycles. The molecule has 0 aliphatic carbocycles. The highest BCUT2D eigenvalue weighted by Crippen LogP contribution is 2.19. The Bertz CT molecular complexity index is 532. The van der Waals surface area contributed by atoms with Crippen LogP contribution in [0.5, 0.6) is 0 Å². The Hall–Kier alpha value is -1.71. The van der Waals surface area contributed by atoms with Gasteiger partial charge in [-0.25, -0.2) is 19.0 Å². The molecular weight excluding hydrogens is 246 g/mol. The van der Waals surface area contributed by atoms with Gasteiger partial charge in [0, 0.05) is 0 Å². The zero-order chi connectivity index (χ0) is 13.9. The summed E-state index contributed by atoms with van der Waals surface area (Å²) in [6.07, 6.45) is -1.25. The van der Waals surface area contributed by atoms with Crippen molar-refractivity contribution in [1.29, 1.82) is 0 Å². The zero-order valence-electron chi connectivity index (χ0n) is 9.71. The molecule has 9 heteroatoms. The van der Waals surface area contributed by atoms with Crippen LogP contribution in [0, 0.1) is 0 Å². The highest BCUT2D eigenvalue weighted by molar-refractivity contribution is 4.94. The lowest BCUT2D eigenvalue weighted by atomic mass is 9.92. The van der Waals surface area contributed by atoms with Gasteiger partial charge in [0.15, 0.2) is 0 Å². The van der Waals surface area contributed by atoms with E-state index in [0.717, 1.165) is 0 Å². The Kier molecular flexibility index (Phi) is 4.22. The third-order valence-electron chi connectivity index (χ3n) is 2.85. The fourth-order valence-electron chi connectivity index (χ4n) is 1.77. The molecule has 0 spiro atoms. The average Bonchev–Trinajstić information content (AvgIpc) is 2.32. The molecule has 9 nitrogen and oxygen atoms in total. The second kappa shape index (κ2) is 5.29. The normalized spacial score (nSPS) is 13.6. The lowest BCUT2D eigenvalue weighted by Gasteiger charge is -2.34. The predicted molar refractivity (Wildman–Crippen MR) is 60.4 cm³/mol. The number of nitrogens with zero attached hydrogens (tertiary/aromatic N) is 1. The van der Waals surface area contributed by atoms with Gasteiger partial charge in [-0.1, -0.05) is 6.92 Å². The second-order valence-corrected chi connectivity index (χ2v) is 3.87. The van der Waals surface area contributed by atoms with Gasteiger partial charge in [-0.05, 0) is 6.42 Å². The van der Waals surface area contributed by atoms with E-state index in [1.807, 2.05) is 0 Å². The fourth-order valence-corrected chi connectivity index (χ4v) is 1.77. The van der Waals surface area contributed by atoms with Crippen molar-refractivity contribution in [3.63, 3.8) is 0 Å². The molecule has 0 saturated carbocycles. The summed E-state index contributed by atoms with van der Waals surface area (Å²) in [4.78, 5) is 37.7. The van der Waals surface area contributed by atoms with E-state index in [4.69, 9.17) is 0 Å². The highest BCUT2D eigenvalue weighted by atomic mass is 16.3. The summed E-state index contributed by atoms with van der Waals surface area (Å²) in [5, 5.41) is 28.5. The minimum Gasteiger partial charge on any atom is -0.394 e. The highest BCUT2D eigenvalue weighted by Gasteiger charge is 2.40. The molecule has 0 amide bonds. The number of aromatic nitrogens is 3. The number of rotatable bonds is 5. The predicted octanol–water partition coefficient (Wildman–Crippen LogP) is -3.32. The van der Waals surface area contributed by atoms with Crippen molar-refractivity contribution in [2.24, 2.45) is 0 Å². The molecule has 5 N–H and O–H groups in total. The molecule has 1 rings (SSSR count). The number of hydrogen-bond donors (Lipinski definition) is 5. The van der Waals surface area contributed by atoms with Crippen molar-refractivity contribution in [2.75, 3.05) is 13.2 Å². The van der Waals surface area contributed by atoms with E-state index in [1.54, 1.807) is 16.9 Å². The van der Waals surface area contributed by atoms with Crippen LogP contribution in [0.3, 0.4) is 0 Å². The van der Waals surface area contributed by atoms with Crippen LogP contribution in [0.25, 0.3) is 0 Å². The average molecular weight is 261 g/mol. The van der Waals surface area contributed by atoms with E-state index in [-0.39, 0.29) is 6.42 Å². The minimum absolute atomic E-state index is 0.0894. The largest absolute Gasteiger partial charge is 0.394 e. The van der Waals surface area contributed by atoms with Crippen molar-refractivity contribution in [3.8, 4) is 0 Å². The molecule has 0 fully saturated rings. The van der Waals surface area contributed by atoms with Crippen molar-refractivity contribution in [2.45, 2.75) is 25.0 Å². The maximum Gasteiger partial charge on any atom is 0.334 e. The van der Waals surface area contributed by atoms with Gasteiger partial charge in [0.2, 0.25) is 0 Å². The van der Waals surface area contributed by atoms with E-state index < -0.39 is 41.9 Å². The Balaban J connectivity index is 3.64. The summed E-state index contributed by atoms with van der Waals surface area (Å²) in [7, 11) is 0. The van der Waals surface area contributed by atoms with Crippen LogP contribution >= 0.6 is 0 Å². The van der Waals surface area contributed by atoms with E-state index in [0.29, 0.717) is 4.57 Å². The first-order valence-corrected chi connectivity index (χ1v) is 5.28. The van der Waals surface area contributed by atoms with Gasteiger partial charge >= 0.3 is 17.1 Å². The van der Waals surface area contributed by atoms with Gasteiger partial charge in [-0.3, -0.25) is 9.97 Å². The lowest BCUT2D eigenvalue weighted by molar-refractivity contribution is -0.0493. The summed E-state index contributed by atoms with van der Waals surface area (Å²) in [5.74, 6) is 0. The minimum atomic E-state index is -1.89. The number of aliphatic hydroxyl groups is 3. The number of aliphatic hydroxyl groups excluding tert-OH is 3. The molecule has 18 heavy (non-hydrogen) atoms. The van der Waals surface area contributed by atoms with Gasteiger partial charge in [0.05, 0.1) is 19.3 Å². The standard InChI is InChI=1S/C9H15N3O6/c1-2-5(15)9(3-13,4-14)12-7(17)10-6(16)11-8(12)18/h5,13-15H,2-4H2,1H3,(H2,10,11,16,17,18). The molecule has 1 aromatic rings. The Morgan fingerprint density at radius 1 is 1.17 bits per heavy atom. The Labute approximate surface area is 100 Å². The number of hydrogen-bond acceptors (Lipinski definition) is 6. The van der Waals surface area contributed by atoms with Gasteiger partial charge in [0.25, 0.3) is 0 Å². The smallest absolute Gasteiger partial charge is 0.334 e. The lowest BCUT2D eigenvalue weighted by Crippen LogP contribution is -2.61. The van der Waals surface area contributed by atoms with Crippen LogP contribution in [0.1, 0.15) is 13.3 Å². The monoisotopic (exact) mass is 261 g/mol. The maximum absolute atomic E-state index is 11.6. The Morgan fingerprint density at radius 3 is 1.94 bits per heavy atom. The molecule has 102 valence electrons. The third-order valence-corrected chi connectivity index (χ3v) is 2.85. The van der Waals surface area contributed by atoms with Gasteiger partial charge in [0.1, 0.15) is 5.54 Å².